The number of nitrogens with zero attached hydrogens (tertiary/aromatic N) is 3. The Morgan fingerprint density at radius 1 is 1.07 bits per heavy atom. The molecule has 4 aromatic rings. The first-order valence-electron chi connectivity index (χ1n) is 9.17. The Balaban J connectivity index is 1.45. The molecule has 2 heterocycles. The van der Waals surface area contributed by atoms with Crippen LogP contribution in [0.15, 0.2) is 53.9 Å². The van der Waals surface area contributed by atoms with Gasteiger partial charge in [0.15, 0.2) is 0 Å². The Morgan fingerprint density at radius 3 is 2.47 bits per heavy atom. The normalized spacial score (nSPS) is 10.7. The van der Waals surface area contributed by atoms with E-state index in [9.17, 15) is 9.59 Å². The van der Waals surface area contributed by atoms with Crippen molar-refractivity contribution >= 4 is 39.7 Å². The molecule has 9 heteroatoms. The number of carbonyl (C=O) groups excluding carboxylic acids is 2. The predicted octanol–water partition coefficient (Wildman–Crippen LogP) is 3.61. The van der Waals surface area contributed by atoms with Gasteiger partial charge in [0.05, 0.1) is 19.2 Å². The zero-order valence-electron chi connectivity index (χ0n) is 16.4. The maximum absolute atomic E-state index is 12.4. The molecule has 0 radical (unpaired) electrons. The van der Waals surface area contributed by atoms with E-state index in [4.69, 9.17) is 4.74 Å². The van der Waals surface area contributed by atoms with Crippen molar-refractivity contribution in [2.24, 2.45) is 0 Å². The highest BCUT2D eigenvalue weighted by Crippen LogP contribution is 2.27. The standard InChI is InChI=1S/C21H19N5O3S/c1-13(27)22-16-7-3-14(4-8-16)11-19(28)23-20-24-21-26(25-20)18(12-30-21)15-5-9-17(29-2)10-6-15/h3-10,12H,11H2,1-2H3,(H,22,27)(H,23,25,28). The molecule has 2 aromatic carbocycles. The second kappa shape index (κ2) is 8.34. The molecule has 152 valence electrons. The summed E-state index contributed by atoms with van der Waals surface area (Å²) in [6, 6.07) is 14.8. The molecule has 0 unspecified atom stereocenters. The third-order valence-corrected chi connectivity index (χ3v) is 5.17. The molecule has 4 rings (SSSR count). The topological polar surface area (TPSA) is 97.6 Å². The molecule has 0 aliphatic carbocycles. The maximum Gasteiger partial charge on any atom is 0.250 e. The number of amides is 2. The van der Waals surface area contributed by atoms with Crippen LogP contribution >= 0.6 is 11.3 Å². The van der Waals surface area contributed by atoms with Gasteiger partial charge in [-0.2, -0.15) is 4.98 Å². The molecule has 0 saturated heterocycles. The van der Waals surface area contributed by atoms with Gasteiger partial charge in [-0.3, -0.25) is 14.9 Å². The van der Waals surface area contributed by atoms with Gasteiger partial charge in [0.25, 0.3) is 0 Å². The SMILES string of the molecule is COc1ccc(-c2csc3nc(NC(=O)Cc4ccc(NC(C)=O)cc4)nn23)cc1. The van der Waals surface area contributed by atoms with E-state index in [0.29, 0.717) is 10.6 Å². The van der Waals surface area contributed by atoms with Gasteiger partial charge >= 0.3 is 0 Å². The number of anilines is 2. The van der Waals surface area contributed by atoms with E-state index in [1.165, 1.54) is 18.3 Å². The van der Waals surface area contributed by atoms with Crippen LogP contribution in [0.1, 0.15) is 12.5 Å². The van der Waals surface area contributed by atoms with Gasteiger partial charge in [-0.25, -0.2) is 4.52 Å². The first-order chi connectivity index (χ1) is 14.5. The van der Waals surface area contributed by atoms with Gasteiger partial charge in [-0.1, -0.05) is 12.1 Å². The Labute approximate surface area is 176 Å². The van der Waals surface area contributed by atoms with Crippen LogP contribution in [0.25, 0.3) is 16.2 Å². The summed E-state index contributed by atoms with van der Waals surface area (Å²) in [5, 5.41) is 11.8. The second-order valence-electron chi connectivity index (χ2n) is 6.58. The van der Waals surface area contributed by atoms with E-state index in [-0.39, 0.29) is 24.2 Å². The number of fused-ring (bicyclic) bond motifs is 1. The lowest BCUT2D eigenvalue weighted by Gasteiger charge is -2.04. The smallest absolute Gasteiger partial charge is 0.250 e. The number of benzene rings is 2. The Morgan fingerprint density at radius 2 is 1.80 bits per heavy atom. The fourth-order valence-corrected chi connectivity index (χ4v) is 3.79. The van der Waals surface area contributed by atoms with Gasteiger partial charge in [0, 0.05) is 23.6 Å². The number of methoxy groups -OCH3 is 1. The van der Waals surface area contributed by atoms with Gasteiger partial charge in [-0.05, 0) is 42.0 Å². The maximum atomic E-state index is 12.4. The van der Waals surface area contributed by atoms with Crippen molar-refractivity contribution < 1.29 is 14.3 Å². The van der Waals surface area contributed by atoms with E-state index in [1.807, 2.05) is 29.6 Å². The molecular formula is C21H19N5O3S. The molecule has 0 spiro atoms. The number of rotatable bonds is 6. The largest absolute Gasteiger partial charge is 0.497 e. The van der Waals surface area contributed by atoms with Gasteiger partial charge < -0.3 is 10.1 Å². The number of hydrogen-bond acceptors (Lipinski definition) is 6. The lowest BCUT2D eigenvalue weighted by Crippen LogP contribution is -2.15. The number of hydrogen-bond donors (Lipinski definition) is 2. The lowest BCUT2D eigenvalue weighted by molar-refractivity contribution is -0.116. The third kappa shape index (κ3) is 4.31. The molecule has 0 atom stereocenters. The summed E-state index contributed by atoms with van der Waals surface area (Å²) >= 11 is 1.45. The van der Waals surface area contributed by atoms with Crippen molar-refractivity contribution in [2.45, 2.75) is 13.3 Å². The molecule has 2 amide bonds. The molecule has 0 bridgehead atoms. The summed E-state index contributed by atoms with van der Waals surface area (Å²) in [6.07, 6.45) is 0.179. The van der Waals surface area contributed by atoms with Crippen LogP contribution < -0.4 is 15.4 Å². The van der Waals surface area contributed by atoms with Crippen LogP contribution in [0, 0.1) is 0 Å². The molecule has 2 aromatic heterocycles. The predicted molar refractivity (Wildman–Crippen MR) is 116 cm³/mol. The average Bonchev–Trinajstić information content (AvgIpc) is 3.29. The molecule has 2 N–H and O–H groups in total. The number of carbonyl (C=O) groups is 2. The second-order valence-corrected chi connectivity index (χ2v) is 7.42. The highest BCUT2D eigenvalue weighted by atomic mass is 32.1. The van der Waals surface area contributed by atoms with Crippen LogP contribution in [0.4, 0.5) is 11.6 Å². The molecule has 30 heavy (non-hydrogen) atoms. The highest BCUT2D eigenvalue weighted by Gasteiger charge is 2.14. The zero-order chi connectivity index (χ0) is 21.1. The minimum Gasteiger partial charge on any atom is -0.497 e. The molecule has 0 saturated carbocycles. The fraction of sp³-hybridized carbons (Fsp3) is 0.143. The number of thiazole rings is 1. The van der Waals surface area contributed by atoms with Crippen molar-refractivity contribution in [1.82, 2.24) is 14.6 Å². The quantitative estimate of drug-likeness (QED) is 0.496. The number of aromatic nitrogens is 3. The first kappa shape index (κ1) is 19.6. The van der Waals surface area contributed by atoms with Crippen molar-refractivity contribution in [3.63, 3.8) is 0 Å². The Kier molecular flexibility index (Phi) is 5.44. The monoisotopic (exact) mass is 421 g/mol. The van der Waals surface area contributed by atoms with Crippen LogP contribution in [0.5, 0.6) is 5.75 Å². The summed E-state index contributed by atoms with van der Waals surface area (Å²) in [5.74, 6) is 0.685. The summed E-state index contributed by atoms with van der Waals surface area (Å²) in [5.41, 5.74) is 3.37. The Bertz CT molecular complexity index is 1200. The summed E-state index contributed by atoms with van der Waals surface area (Å²) in [4.78, 5) is 28.5. The van der Waals surface area contributed by atoms with Crippen molar-refractivity contribution in [3.05, 3.63) is 59.5 Å². The van der Waals surface area contributed by atoms with E-state index in [2.05, 4.69) is 20.7 Å². The van der Waals surface area contributed by atoms with Crippen LogP contribution in [0.3, 0.4) is 0 Å². The molecule has 8 nitrogen and oxygen atoms in total. The van der Waals surface area contributed by atoms with E-state index in [1.54, 1.807) is 35.9 Å². The van der Waals surface area contributed by atoms with Crippen molar-refractivity contribution in [2.75, 3.05) is 17.7 Å². The van der Waals surface area contributed by atoms with Gasteiger partial charge in [0.1, 0.15) is 5.75 Å². The zero-order valence-corrected chi connectivity index (χ0v) is 17.2. The van der Waals surface area contributed by atoms with Crippen LogP contribution in [-0.4, -0.2) is 33.5 Å². The van der Waals surface area contributed by atoms with E-state index < -0.39 is 0 Å². The molecule has 0 aliphatic rings. The fourth-order valence-electron chi connectivity index (χ4n) is 2.96. The van der Waals surface area contributed by atoms with E-state index >= 15 is 0 Å². The average molecular weight is 421 g/mol. The molecule has 0 aliphatic heterocycles. The number of nitrogens with one attached hydrogen (secondary N) is 2. The number of ether oxygens (including phenoxy) is 1. The highest BCUT2D eigenvalue weighted by molar-refractivity contribution is 7.15. The molecule has 0 fully saturated rings. The third-order valence-electron chi connectivity index (χ3n) is 4.36. The Hall–Kier alpha value is -3.72. The van der Waals surface area contributed by atoms with Crippen LogP contribution in [-0.2, 0) is 16.0 Å². The minimum atomic E-state index is -0.216. The van der Waals surface area contributed by atoms with E-state index in [0.717, 1.165) is 22.6 Å². The lowest BCUT2D eigenvalue weighted by atomic mass is 10.1. The minimum absolute atomic E-state index is 0.139. The summed E-state index contributed by atoms with van der Waals surface area (Å²) < 4.78 is 6.91. The van der Waals surface area contributed by atoms with Gasteiger partial charge in [0.2, 0.25) is 22.7 Å². The summed E-state index contributed by atoms with van der Waals surface area (Å²) in [7, 11) is 1.63. The van der Waals surface area contributed by atoms with Crippen molar-refractivity contribution in [1.29, 1.82) is 0 Å². The van der Waals surface area contributed by atoms with Crippen LogP contribution in [0.2, 0.25) is 0 Å². The van der Waals surface area contributed by atoms with Gasteiger partial charge in [-0.15, -0.1) is 16.4 Å². The van der Waals surface area contributed by atoms with Crippen molar-refractivity contribution in [3.8, 4) is 17.0 Å². The molecular weight excluding hydrogens is 402 g/mol. The first-order valence-corrected chi connectivity index (χ1v) is 10.0. The summed E-state index contributed by atoms with van der Waals surface area (Å²) in [6.45, 7) is 1.45.